The van der Waals surface area contributed by atoms with Gasteiger partial charge in [-0.05, 0) is 49.6 Å². The van der Waals surface area contributed by atoms with E-state index in [-0.39, 0.29) is 11.3 Å². The first-order chi connectivity index (χ1) is 13.4. The topological polar surface area (TPSA) is 65.0 Å². The van der Waals surface area contributed by atoms with Gasteiger partial charge in [0.25, 0.3) is 0 Å². The van der Waals surface area contributed by atoms with Gasteiger partial charge in [0.2, 0.25) is 0 Å². The standard InChI is InChI=1S/C23H26O5/c1-15(2)6-13-19-20(27-4)14-17(21(22(19)24)23(25)28-5)10-7-16-8-11-18(26-3)12-9-16/h6-12,14,24H,13H2,1-5H3. The average Bonchev–Trinajstić information content (AvgIpc) is 2.70. The summed E-state index contributed by atoms with van der Waals surface area (Å²) >= 11 is 0. The van der Waals surface area contributed by atoms with Crippen LogP contribution in [0.2, 0.25) is 0 Å². The highest BCUT2D eigenvalue weighted by Gasteiger charge is 2.22. The van der Waals surface area contributed by atoms with Gasteiger partial charge in [-0.15, -0.1) is 0 Å². The number of aromatic hydroxyl groups is 1. The molecule has 0 heterocycles. The SMILES string of the molecule is COC(=O)c1c(C=Cc2ccc(OC)cc2)cc(OC)c(CC=C(C)C)c1O. The average molecular weight is 382 g/mol. The first kappa shape index (κ1) is 21.1. The number of carbonyl (C=O) groups is 1. The van der Waals surface area contributed by atoms with E-state index in [1.807, 2.05) is 50.3 Å². The van der Waals surface area contributed by atoms with Crippen LogP contribution in [0.4, 0.5) is 0 Å². The molecule has 5 nitrogen and oxygen atoms in total. The molecule has 28 heavy (non-hydrogen) atoms. The fourth-order valence-corrected chi connectivity index (χ4v) is 2.74. The Bertz CT molecular complexity index is 888. The van der Waals surface area contributed by atoms with Gasteiger partial charge in [-0.3, -0.25) is 0 Å². The molecule has 2 rings (SSSR count). The third-order valence-electron chi connectivity index (χ3n) is 4.29. The molecule has 0 radical (unpaired) electrons. The number of allylic oxidation sites excluding steroid dienone is 2. The number of phenols is 1. The number of esters is 1. The Morgan fingerprint density at radius 3 is 2.25 bits per heavy atom. The molecule has 148 valence electrons. The van der Waals surface area contributed by atoms with Crippen molar-refractivity contribution in [3.63, 3.8) is 0 Å². The van der Waals surface area contributed by atoms with E-state index in [1.165, 1.54) is 14.2 Å². The Kier molecular flexibility index (Phi) is 7.27. The molecule has 0 aliphatic rings. The normalized spacial score (nSPS) is 10.6. The van der Waals surface area contributed by atoms with E-state index in [0.29, 0.717) is 23.3 Å². The summed E-state index contributed by atoms with van der Waals surface area (Å²) in [5, 5.41) is 10.8. The van der Waals surface area contributed by atoms with E-state index >= 15 is 0 Å². The third kappa shape index (κ3) is 4.94. The second-order valence-electron chi connectivity index (χ2n) is 6.45. The monoisotopic (exact) mass is 382 g/mol. The lowest BCUT2D eigenvalue weighted by Crippen LogP contribution is -2.07. The molecule has 0 aliphatic carbocycles. The van der Waals surface area contributed by atoms with Crippen LogP contribution < -0.4 is 9.47 Å². The van der Waals surface area contributed by atoms with Gasteiger partial charge < -0.3 is 19.3 Å². The molecule has 2 aromatic rings. The Morgan fingerprint density at radius 2 is 1.71 bits per heavy atom. The first-order valence-corrected chi connectivity index (χ1v) is 8.87. The molecule has 0 saturated carbocycles. The van der Waals surface area contributed by atoms with Crippen molar-refractivity contribution in [1.82, 2.24) is 0 Å². The van der Waals surface area contributed by atoms with Crippen LogP contribution in [0.5, 0.6) is 17.2 Å². The maximum atomic E-state index is 12.4. The number of hydrogen-bond acceptors (Lipinski definition) is 5. The van der Waals surface area contributed by atoms with Crippen LogP contribution in [0, 0.1) is 0 Å². The zero-order chi connectivity index (χ0) is 20.7. The molecule has 5 heteroatoms. The Labute approximate surface area is 165 Å². The maximum Gasteiger partial charge on any atom is 0.342 e. The fraction of sp³-hybridized carbons (Fsp3) is 0.261. The largest absolute Gasteiger partial charge is 0.507 e. The summed E-state index contributed by atoms with van der Waals surface area (Å²) in [6.07, 6.45) is 6.01. The van der Waals surface area contributed by atoms with E-state index in [9.17, 15) is 9.90 Å². The van der Waals surface area contributed by atoms with Crippen molar-refractivity contribution in [2.75, 3.05) is 21.3 Å². The second-order valence-corrected chi connectivity index (χ2v) is 6.45. The van der Waals surface area contributed by atoms with Gasteiger partial charge in [0.1, 0.15) is 22.8 Å². The zero-order valence-electron chi connectivity index (χ0n) is 16.9. The Balaban J connectivity index is 2.54. The molecule has 0 amide bonds. The summed E-state index contributed by atoms with van der Waals surface area (Å²) in [5.41, 5.74) is 3.20. The van der Waals surface area contributed by atoms with Crippen LogP contribution in [0.3, 0.4) is 0 Å². The summed E-state index contributed by atoms with van der Waals surface area (Å²) in [6.45, 7) is 3.94. The minimum absolute atomic E-state index is 0.116. The molecular formula is C23H26O5. The van der Waals surface area contributed by atoms with Crippen molar-refractivity contribution in [1.29, 1.82) is 0 Å². The van der Waals surface area contributed by atoms with Crippen LogP contribution in [0.25, 0.3) is 12.2 Å². The van der Waals surface area contributed by atoms with Crippen LogP contribution in [-0.2, 0) is 11.2 Å². The van der Waals surface area contributed by atoms with Crippen molar-refractivity contribution in [3.05, 3.63) is 64.2 Å². The molecule has 0 fully saturated rings. The summed E-state index contributed by atoms with van der Waals surface area (Å²) in [6, 6.07) is 9.23. The first-order valence-electron chi connectivity index (χ1n) is 8.87. The second kappa shape index (κ2) is 9.65. The maximum absolute atomic E-state index is 12.4. The van der Waals surface area contributed by atoms with E-state index in [0.717, 1.165) is 16.9 Å². The highest BCUT2D eigenvalue weighted by atomic mass is 16.5. The lowest BCUT2D eigenvalue weighted by molar-refractivity contribution is 0.0597. The van der Waals surface area contributed by atoms with Crippen LogP contribution in [-0.4, -0.2) is 32.4 Å². The number of hydrogen-bond donors (Lipinski definition) is 1. The van der Waals surface area contributed by atoms with Gasteiger partial charge in [0, 0.05) is 5.56 Å². The van der Waals surface area contributed by atoms with E-state index in [2.05, 4.69) is 0 Å². The molecule has 0 spiro atoms. The summed E-state index contributed by atoms with van der Waals surface area (Å²) in [7, 11) is 4.44. The number of rotatable bonds is 7. The molecule has 0 unspecified atom stereocenters. The number of methoxy groups -OCH3 is 3. The molecule has 1 N–H and O–H groups in total. The lowest BCUT2D eigenvalue weighted by Gasteiger charge is -2.15. The van der Waals surface area contributed by atoms with E-state index in [1.54, 1.807) is 19.3 Å². The molecule has 0 bridgehead atoms. The molecule has 0 aliphatic heterocycles. The number of carbonyl (C=O) groups excluding carboxylic acids is 1. The van der Waals surface area contributed by atoms with Gasteiger partial charge in [0.15, 0.2) is 0 Å². The molecule has 0 atom stereocenters. The molecule has 0 saturated heterocycles. The van der Waals surface area contributed by atoms with Gasteiger partial charge in [0.05, 0.1) is 21.3 Å². The summed E-state index contributed by atoms with van der Waals surface area (Å²) < 4.78 is 15.5. The highest BCUT2D eigenvalue weighted by Crippen LogP contribution is 2.36. The minimum atomic E-state index is -0.604. The van der Waals surface area contributed by atoms with Crippen molar-refractivity contribution in [3.8, 4) is 17.2 Å². The highest BCUT2D eigenvalue weighted by molar-refractivity contribution is 5.98. The predicted octanol–water partition coefficient (Wildman–Crippen LogP) is 4.88. The van der Waals surface area contributed by atoms with Gasteiger partial charge >= 0.3 is 5.97 Å². The van der Waals surface area contributed by atoms with Crippen LogP contribution in [0.15, 0.2) is 42.0 Å². The van der Waals surface area contributed by atoms with Crippen molar-refractivity contribution < 1.29 is 24.1 Å². The number of phenolic OH excluding ortho intramolecular Hbond substituents is 1. The number of ether oxygens (including phenoxy) is 3. The summed E-state index contributed by atoms with van der Waals surface area (Å²) in [4.78, 5) is 12.4. The fourth-order valence-electron chi connectivity index (χ4n) is 2.74. The molecule has 0 aromatic heterocycles. The Morgan fingerprint density at radius 1 is 1.04 bits per heavy atom. The van der Waals surface area contributed by atoms with Gasteiger partial charge in [-0.25, -0.2) is 4.79 Å². The van der Waals surface area contributed by atoms with E-state index < -0.39 is 5.97 Å². The molecular weight excluding hydrogens is 356 g/mol. The van der Waals surface area contributed by atoms with Gasteiger partial charge in [-0.2, -0.15) is 0 Å². The lowest BCUT2D eigenvalue weighted by atomic mass is 9.97. The van der Waals surface area contributed by atoms with Crippen molar-refractivity contribution in [2.24, 2.45) is 0 Å². The zero-order valence-corrected chi connectivity index (χ0v) is 16.9. The molecule has 2 aromatic carbocycles. The third-order valence-corrected chi connectivity index (χ3v) is 4.29. The minimum Gasteiger partial charge on any atom is -0.507 e. The van der Waals surface area contributed by atoms with Crippen LogP contribution >= 0.6 is 0 Å². The van der Waals surface area contributed by atoms with Gasteiger partial charge in [-0.1, -0.05) is 35.9 Å². The predicted molar refractivity (Wildman–Crippen MR) is 111 cm³/mol. The smallest absolute Gasteiger partial charge is 0.342 e. The van der Waals surface area contributed by atoms with Crippen molar-refractivity contribution in [2.45, 2.75) is 20.3 Å². The summed E-state index contributed by atoms with van der Waals surface area (Å²) in [5.74, 6) is 0.540. The van der Waals surface area contributed by atoms with Crippen molar-refractivity contribution >= 4 is 18.1 Å². The van der Waals surface area contributed by atoms with E-state index in [4.69, 9.17) is 14.2 Å². The number of benzene rings is 2. The quantitative estimate of drug-likeness (QED) is 0.420. The Hall–Kier alpha value is -3.21. The van der Waals surface area contributed by atoms with Crippen LogP contribution in [0.1, 0.15) is 40.9 Å².